The molecule has 2 aliphatic rings. The summed E-state index contributed by atoms with van der Waals surface area (Å²) in [5.74, 6) is -5.56. The minimum absolute atomic E-state index is 0.0483. The molecule has 2 atom stereocenters. The number of thiazole rings is 1. The molecule has 2 aliphatic heterocycles. The predicted molar refractivity (Wildman–Crippen MR) is 123 cm³/mol. The maximum atomic E-state index is 12.4. The van der Waals surface area contributed by atoms with Gasteiger partial charge in [-0.05, 0) is 31.4 Å². The Morgan fingerprint density at radius 1 is 1.13 bits per heavy atom. The topological polar surface area (TPSA) is 142 Å². The van der Waals surface area contributed by atoms with Gasteiger partial charge in [0.05, 0.1) is 17.7 Å². The van der Waals surface area contributed by atoms with Gasteiger partial charge in [0.15, 0.2) is 0 Å². The largest absolute Gasteiger partial charge is 0.490 e. The standard InChI is InChI=1S/C18H22N4O2S.2C2HF3O2/c23-17(14-2-1-5-19-11-14)21-15-3-8-24-18(10-15)4-7-22(13-18)12-16-20-6-9-25-16;2*3-2(4,5)1(6)7/h1-2,5-6,9,11,15H,3-4,7-8,10,12-13H2,(H,21,23);2*(H,6,7)/t15-,18+;;/m0../s1. The number of pyridine rings is 1. The molecule has 4 heterocycles. The van der Waals surface area contributed by atoms with E-state index in [4.69, 9.17) is 24.5 Å². The summed E-state index contributed by atoms with van der Waals surface area (Å²) in [5.41, 5.74) is 0.474. The van der Waals surface area contributed by atoms with Crippen molar-refractivity contribution in [3.05, 3.63) is 46.7 Å². The van der Waals surface area contributed by atoms with Crippen LogP contribution in [0.25, 0.3) is 0 Å². The highest BCUT2D eigenvalue weighted by molar-refractivity contribution is 7.09. The van der Waals surface area contributed by atoms with Gasteiger partial charge in [-0.1, -0.05) is 0 Å². The number of hydrogen-bond acceptors (Lipinski definition) is 8. The van der Waals surface area contributed by atoms with E-state index in [0.717, 1.165) is 43.9 Å². The van der Waals surface area contributed by atoms with Crippen LogP contribution in [0, 0.1) is 0 Å². The molecule has 4 rings (SSSR count). The van der Waals surface area contributed by atoms with Crippen molar-refractivity contribution in [1.29, 1.82) is 0 Å². The molecule has 2 aromatic heterocycles. The molecule has 3 N–H and O–H groups in total. The van der Waals surface area contributed by atoms with Crippen molar-refractivity contribution in [2.45, 2.75) is 49.8 Å². The number of aromatic nitrogens is 2. The van der Waals surface area contributed by atoms with Gasteiger partial charge in [-0.2, -0.15) is 26.3 Å². The molecular formula is C22H24F6N4O6S. The first kappa shape index (κ1) is 31.9. The third kappa shape index (κ3) is 10.8. The zero-order chi connectivity index (χ0) is 29.3. The smallest absolute Gasteiger partial charge is 0.475 e. The normalized spacial score (nSPS) is 21.2. The van der Waals surface area contributed by atoms with Gasteiger partial charge in [0.2, 0.25) is 0 Å². The number of nitrogens with one attached hydrogen (secondary N) is 1. The lowest BCUT2D eigenvalue weighted by Crippen LogP contribution is -2.49. The van der Waals surface area contributed by atoms with Crippen LogP contribution in [0.5, 0.6) is 0 Å². The zero-order valence-corrected chi connectivity index (χ0v) is 20.9. The zero-order valence-electron chi connectivity index (χ0n) is 20.0. The second kappa shape index (κ2) is 13.7. The number of likely N-dealkylation sites (tertiary alicyclic amines) is 1. The molecule has 10 nitrogen and oxygen atoms in total. The van der Waals surface area contributed by atoms with Gasteiger partial charge in [-0.25, -0.2) is 14.6 Å². The predicted octanol–water partition coefficient (Wildman–Crippen LogP) is 3.36. The fourth-order valence-corrected chi connectivity index (χ4v) is 4.44. The summed E-state index contributed by atoms with van der Waals surface area (Å²) in [5, 5.41) is 20.6. The Balaban J connectivity index is 0.000000317. The number of halogens is 6. The summed E-state index contributed by atoms with van der Waals surface area (Å²) in [4.78, 5) is 41.0. The number of nitrogens with zero attached hydrogens (tertiary/aromatic N) is 3. The molecule has 1 amide bonds. The Kier molecular flexibility index (Phi) is 11.2. The van der Waals surface area contributed by atoms with E-state index in [1.807, 2.05) is 11.6 Å². The first-order valence-corrected chi connectivity index (χ1v) is 12.0. The first-order chi connectivity index (χ1) is 18.1. The van der Waals surface area contributed by atoms with Crippen LogP contribution in [0.15, 0.2) is 36.1 Å². The Hall–Kier alpha value is -3.31. The summed E-state index contributed by atoms with van der Waals surface area (Å²) < 4.78 is 69.6. The van der Waals surface area contributed by atoms with Gasteiger partial charge in [0.1, 0.15) is 5.01 Å². The number of carboxylic acids is 2. The van der Waals surface area contributed by atoms with Crippen LogP contribution in [0.2, 0.25) is 0 Å². The molecule has 0 aliphatic carbocycles. The molecule has 0 bridgehead atoms. The van der Waals surface area contributed by atoms with Gasteiger partial charge in [0, 0.05) is 49.7 Å². The van der Waals surface area contributed by atoms with Crippen LogP contribution in [0.4, 0.5) is 26.3 Å². The van der Waals surface area contributed by atoms with E-state index in [0.29, 0.717) is 12.2 Å². The minimum Gasteiger partial charge on any atom is -0.475 e. The van der Waals surface area contributed by atoms with Crippen LogP contribution in [-0.2, 0) is 20.9 Å². The van der Waals surface area contributed by atoms with Crippen LogP contribution in [-0.4, -0.2) is 86.6 Å². The van der Waals surface area contributed by atoms with Crippen molar-refractivity contribution >= 4 is 29.2 Å². The first-order valence-electron chi connectivity index (χ1n) is 11.2. The third-order valence-corrected chi connectivity index (χ3v) is 6.24. The SMILES string of the molecule is O=C(N[C@H]1CCO[C@]2(CCN(Cc3nccs3)C2)C1)c1cccnc1.O=C(O)C(F)(F)F.O=C(O)C(F)(F)F. The number of carbonyl (C=O) groups excluding carboxylic acids is 1. The maximum Gasteiger partial charge on any atom is 0.490 e. The van der Waals surface area contributed by atoms with Crippen LogP contribution >= 0.6 is 11.3 Å². The van der Waals surface area contributed by atoms with E-state index in [-0.39, 0.29) is 17.6 Å². The molecule has 216 valence electrons. The molecule has 1 spiro atoms. The van der Waals surface area contributed by atoms with E-state index in [1.165, 1.54) is 0 Å². The average Bonchev–Trinajstić information content (AvgIpc) is 3.49. The quantitative estimate of drug-likeness (QED) is 0.460. The Morgan fingerprint density at radius 3 is 2.28 bits per heavy atom. The van der Waals surface area contributed by atoms with Gasteiger partial charge in [-0.3, -0.25) is 14.7 Å². The molecular weight excluding hydrogens is 562 g/mol. The number of amides is 1. The lowest BCUT2D eigenvalue weighted by Gasteiger charge is -2.38. The van der Waals surface area contributed by atoms with Crippen LogP contribution in [0.3, 0.4) is 0 Å². The highest BCUT2D eigenvalue weighted by Gasteiger charge is 2.43. The number of hydrogen-bond donors (Lipinski definition) is 3. The number of alkyl halides is 6. The van der Waals surface area contributed by atoms with E-state index in [2.05, 4.69) is 20.2 Å². The highest BCUT2D eigenvalue weighted by Crippen LogP contribution is 2.35. The Bertz CT molecular complexity index is 1060. The lowest BCUT2D eigenvalue weighted by molar-refractivity contribution is -0.193. The highest BCUT2D eigenvalue weighted by atomic mass is 32.1. The minimum atomic E-state index is -5.08. The fraction of sp³-hybridized carbons (Fsp3) is 0.500. The van der Waals surface area contributed by atoms with Crippen LogP contribution < -0.4 is 5.32 Å². The van der Waals surface area contributed by atoms with Crippen molar-refractivity contribution in [2.24, 2.45) is 0 Å². The van der Waals surface area contributed by atoms with E-state index >= 15 is 0 Å². The number of rotatable bonds is 4. The molecule has 0 saturated carbocycles. The van der Waals surface area contributed by atoms with Gasteiger partial charge in [-0.15, -0.1) is 11.3 Å². The number of carboxylic acid groups (broad SMARTS) is 2. The summed E-state index contributed by atoms with van der Waals surface area (Å²) in [6.45, 7) is 3.51. The monoisotopic (exact) mass is 586 g/mol. The van der Waals surface area contributed by atoms with Crippen LogP contribution in [0.1, 0.15) is 34.6 Å². The molecule has 0 unspecified atom stereocenters. The number of aliphatic carboxylic acids is 2. The maximum absolute atomic E-state index is 12.4. The number of carbonyl (C=O) groups is 3. The summed E-state index contributed by atoms with van der Waals surface area (Å²) >= 11 is 1.69. The molecule has 0 radical (unpaired) electrons. The Morgan fingerprint density at radius 2 is 1.77 bits per heavy atom. The fourth-order valence-electron chi connectivity index (χ4n) is 3.79. The van der Waals surface area contributed by atoms with Gasteiger partial charge < -0.3 is 20.3 Å². The van der Waals surface area contributed by atoms with Crippen molar-refractivity contribution in [3.8, 4) is 0 Å². The van der Waals surface area contributed by atoms with E-state index in [1.54, 1.807) is 35.9 Å². The summed E-state index contributed by atoms with van der Waals surface area (Å²) in [6, 6.07) is 3.73. The van der Waals surface area contributed by atoms with Crippen molar-refractivity contribution in [1.82, 2.24) is 20.2 Å². The molecule has 0 aromatic carbocycles. The molecule has 17 heteroatoms. The molecule has 2 fully saturated rings. The molecule has 2 aromatic rings. The summed E-state index contributed by atoms with van der Waals surface area (Å²) in [6.07, 6.45) is -2.29. The number of ether oxygens (including phenoxy) is 1. The van der Waals surface area contributed by atoms with Crippen molar-refractivity contribution < 1.29 is 55.7 Å². The van der Waals surface area contributed by atoms with E-state index < -0.39 is 24.3 Å². The Labute approximate surface area is 221 Å². The van der Waals surface area contributed by atoms with Gasteiger partial charge in [0.25, 0.3) is 5.91 Å². The average molecular weight is 587 g/mol. The molecule has 39 heavy (non-hydrogen) atoms. The second-order valence-electron chi connectivity index (χ2n) is 8.43. The van der Waals surface area contributed by atoms with E-state index in [9.17, 15) is 31.1 Å². The van der Waals surface area contributed by atoms with Crippen molar-refractivity contribution in [3.63, 3.8) is 0 Å². The van der Waals surface area contributed by atoms with Gasteiger partial charge >= 0.3 is 24.3 Å². The lowest BCUT2D eigenvalue weighted by atomic mass is 9.89. The summed E-state index contributed by atoms with van der Waals surface area (Å²) in [7, 11) is 0. The molecule has 2 saturated heterocycles. The van der Waals surface area contributed by atoms with Crippen molar-refractivity contribution in [2.75, 3.05) is 19.7 Å². The third-order valence-electron chi connectivity index (χ3n) is 5.47. The second-order valence-corrected chi connectivity index (χ2v) is 9.41.